The summed E-state index contributed by atoms with van der Waals surface area (Å²) in [4.78, 5) is 21.5. The number of carbonyl (C=O) groups excluding carboxylic acids is 1. The minimum Gasteiger partial charge on any atom is -0.481 e. The Labute approximate surface area is 83.7 Å². The van der Waals surface area contributed by atoms with Gasteiger partial charge in [-0.25, -0.2) is 0 Å². The van der Waals surface area contributed by atoms with Crippen LogP contribution in [0.25, 0.3) is 0 Å². The van der Waals surface area contributed by atoms with Crippen molar-refractivity contribution in [2.75, 3.05) is 6.54 Å². The van der Waals surface area contributed by atoms with Crippen LogP contribution < -0.4 is 5.32 Å². The Bertz CT molecular complexity index is 242. The molecule has 78 valence electrons. The molecule has 0 radical (unpaired) electrons. The van der Waals surface area contributed by atoms with Gasteiger partial charge in [0.05, 0.1) is 0 Å². The van der Waals surface area contributed by atoms with Crippen LogP contribution in [0.15, 0.2) is 0 Å². The summed E-state index contributed by atoms with van der Waals surface area (Å²) in [6, 6.07) is 0. The summed E-state index contributed by atoms with van der Waals surface area (Å²) < 4.78 is 0. The van der Waals surface area contributed by atoms with E-state index in [0.29, 0.717) is 13.0 Å². The molecule has 4 nitrogen and oxygen atoms in total. The molecule has 0 rings (SSSR count). The first-order valence-corrected chi connectivity index (χ1v) is 4.53. The number of hydrogen-bond donors (Lipinski definition) is 2. The average molecular weight is 197 g/mol. The molecular formula is C10H15NO3. The zero-order valence-corrected chi connectivity index (χ0v) is 8.25. The first kappa shape index (κ1) is 12.5. The molecule has 1 amide bonds. The van der Waals surface area contributed by atoms with Crippen molar-refractivity contribution in [2.24, 2.45) is 5.92 Å². The Morgan fingerprint density at radius 3 is 2.64 bits per heavy atom. The molecule has 14 heavy (non-hydrogen) atoms. The van der Waals surface area contributed by atoms with Crippen molar-refractivity contribution >= 4 is 11.9 Å². The van der Waals surface area contributed by atoms with E-state index in [9.17, 15) is 9.59 Å². The Balaban J connectivity index is 3.55. The summed E-state index contributed by atoms with van der Waals surface area (Å²) in [6.07, 6.45) is 7.35. The molecule has 0 fully saturated rings. The number of unbranched alkanes of at least 4 members (excludes halogenated alkanes) is 2. The predicted octanol–water partition coefficient (Wildman–Crippen LogP) is 0.627. The molecule has 0 aromatic heterocycles. The van der Waals surface area contributed by atoms with E-state index in [4.69, 9.17) is 11.5 Å². The summed E-state index contributed by atoms with van der Waals surface area (Å²) in [5.74, 6) is -0.0452. The highest BCUT2D eigenvalue weighted by atomic mass is 16.4. The summed E-state index contributed by atoms with van der Waals surface area (Å²) in [6.45, 7) is 1.84. The molecular weight excluding hydrogens is 182 g/mol. The van der Waals surface area contributed by atoms with Crippen molar-refractivity contribution < 1.29 is 14.7 Å². The van der Waals surface area contributed by atoms with Crippen molar-refractivity contribution in [3.63, 3.8) is 0 Å². The van der Waals surface area contributed by atoms with Crippen LogP contribution in [0.3, 0.4) is 0 Å². The van der Waals surface area contributed by atoms with Crippen molar-refractivity contribution in [3.8, 4) is 12.3 Å². The largest absolute Gasteiger partial charge is 0.481 e. The van der Waals surface area contributed by atoms with Gasteiger partial charge in [0.25, 0.3) is 0 Å². The van der Waals surface area contributed by atoms with Crippen LogP contribution in [0.1, 0.15) is 26.2 Å². The minimum absolute atomic E-state index is 0.446. The number of aliphatic carboxylic acids is 1. The van der Waals surface area contributed by atoms with Crippen molar-refractivity contribution in [1.29, 1.82) is 0 Å². The Morgan fingerprint density at radius 1 is 1.50 bits per heavy atom. The third-order valence-electron chi connectivity index (χ3n) is 1.81. The molecule has 0 saturated heterocycles. The maximum Gasteiger partial charge on any atom is 0.315 e. The molecule has 0 aromatic carbocycles. The van der Waals surface area contributed by atoms with Gasteiger partial charge in [-0.3, -0.25) is 9.59 Å². The lowest BCUT2D eigenvalue weighted by atomic mass is 10.1. The predicted molar refractivity (Wildman–Crippen MR) is 52.5 cm³/mol. The van der Waals surface area contributed by atoms with E-state index in [0.717, 1.165) is 12.8 Å². The molecule has 1 atom stereocenters. The second-order valence-corrected chi connectivity index (χ2v) is 3.01. The lowest BCUT2D eigenvalue weighted by Gasteiger charge is -2.07. The standard InChI is InChI=1S/C10H15NO3/c1-3-4-5-6-7-11-9(12)8(2)10(13)14/h1,8H,4-7H2,2H3,(H,11,12)(H,13,14). The molecule has 2 N–H and O–H groups in total. The van der Waals surface area contributed by atoms with Gasteiger partial charge < -0.3 is 10.4 Å². The van der Waals surface area contributed by atoms with E-state index in [1.165, 1.54) is 6.92 Å². The van der Waals surface area contributed by atoms with Crippen LogP contribution in [0.5, 0.6) is 0 Å². The quantitative estimate of drug-likeness (QED) is 0.373. The highest BCUT2D eigenvalue weighted by Crippen LogP contribution is 1.96. The molecule has 1 unspecified atom stereocenters. The fraction of sp³-hybridized carbons (Fsp3) is 0.600. The average Bonchev–Trinajstić information content (AvgIpc) is 2.16. The van der Waals surface area contributed by atoms with Gasteiger partial charge in [-0.2, -0.15) is 0 Å². The van der Waals surface area contributed by atoms with Crippen molar-refractivity contribution in [1.82, 2.24) is 5.32 Å². The number of rotatable bonds is 6. The van der Waals surface area contributed by atoms with Crippen molar-refractivity contribution in [3.05, 3.63) is 0 Å². The minimum atomic E-state index is -1.11. The van der Waals surface area contributed by atoms with E-state index in [2.05, 4.69) is 11.2 Å². The van der Waals surface area contributed by atoms with Gasteiger partial charge in [-0.15, -0.1) is 12.3 Å². The van der Waals surface area contributed by atoms with E-state index < -0.39 is 17.8 Å². The number of terminal acetylenes is 1. The number of hydrogen-bond acceptors (Lipinski definition) is 2. The summed E-state index contributed by atoms with van der Waals surface area (Å²) in [5.41, 5.74) is 0. The van der Waals surface area contributed by atoms with Crippen LogP contribution >= 0.6 is 0 Å². The van der Waals surface area contributed by atoms with Gasteiger partial charge in [0, 0.05) is 13.0 Å². The van der Waals surface area contributed by atoms with E-state index >= 15 is 0 Å². The summed E-state index contributed by atoms with van der Waals surface area (Å²) >= 11 is 0. The van der Waals surface area contributed by atoms with E-state index in [1.54, 1.807) is 0 Å². The molecule has 0 bridgehead atoms. The van der Waals surface area contributed by atoms with Gasteiger partial charge in [-0.05, 0) is 19.8 Å². The highest BCUT2D eigenvalue weighted by molar-refractivity contribution is 5.96. The van der Waals surface area contributed by atoms with Gasteiger partial charge in [0.15, 0.2) is 0 Å². The van der Waals surface area contributed by atoms with Crippen LogP contribution in [0.2, 0.25) is 0 Å². The Kier molecular flexibility index (Phi) is 6.21. The molecule has 0 heterocycles. The maximum atomic E-state index is 11.1. The molecule has 0 saturated carbocycles. The van der Waals surface area contributed by atoms with Crippen LogP contribution in [0.4, 0.5) is 0 Å². The number of amides is 1. The summed E-state index contributed by atoms with van der Waals surface area (Å²) in [5, 5.41) is 11.0. The lowest BCUT2D eigenvalue weighted by Crippen LogP contribution is -2.34. The first-order valence-electron chi connectivity index (χ1n) is 4.53. The molecule has 0 aliphatic rings. The van der Waals surface area contributed by atoms with Crippen LogP contribution in [-0.4, -0.2) is 23.5 Å². The fourth-order valence-electron chi connectivity index (χ4n) is 0.829. The normalized spacial score (nSPS) is 11.4. The third kappa shape index (κ3) is 5.20. The Morgan fingerprint density at radius 2 is 2.14 bits per heavy atom. The first-order chi connectivity index (χ1) is 6.59. The summed E-state index contributed by atoms with van der Waals surface area (Å²) in [7, 11) is 0. The van der Waals surface area contributed by atoms with Gasteiger partial charge in [-0.1, -0.05) is 0 Å². The van der Waals surface area contributed by atoms with E-state index in [1.807, 2.05) is 0 Å². The molecule has 0 spiro atoms. The smallest absolute Gasteiger partial charge is 0.315 e. The molecule has 4 heteroatoms. The lowest BCUT2D eigenvalue weighted by molar-refractivity contribution is -0.146. The fourth-order valence-corrected chi connectivity index (χ4v) is 0.829. The molecule has 0 aliphatic carbocycles. The van der Waals surface area contributed by atoms with Gasteiger partial charge in [0.2, 0.25) is 5.91 Å². The number of carbonyl (C=O) groups is 2. The monoisotopic (exact) mass is 197 g/mol. The molecule has 0 aromatic rings. The van der Waals surface area contributed by atoms with Crippen LogP contribution in [-0.2, 0) is 9.59 Å². The second kappa shape index (κ2) is 6.96. The van der Waals surface area contributed by atoms with Gasteiger partial charge in [0.1, 0.15) is 5.92 Å². The zero-order chi connectivity index (χ0) is 11.0. The number of carboxylic acid groups (broad SMARTS) is 1. The van der Waals surface area contributed by atoms with Crippen LogP contribution in [0, 0.1) is 18.3 Å². The third-order valence-corrected chi connectivity index (χ3v) is 1.81. The van der Waals surface area contributed by atoms with Gasteiger partial charge >= 0.3 is 5.97 Å². The molecule has 0 aliphatic heterocycles. The maximum absolute atomic E-state index is 11.1. The second-order valence-electron chi connectivity index (χ2n) is 3.01. The van der Waals surface area contributed by atoms with E-state index in [-0.39, 0.29) is 0 Å². The number of carboxylic acids is 1. The topological polar surface area (TPSA) is 66.4 Å². The Hall–Kier alpha value is -1.50. The highest BCUT2D eigenvalue weighted by Gasteiger charge is 2.19. The number of nitrogens with one attached hydrogen (secondary N) is 1. The van der Waals surface area contributed by atoms with Crippen molar-refractivity contribution in [2.45, 2.75) is 26.2 Å². The zero-order valence-electron chi connectivity index (χ0n) is 8.25. The SMILES string of the molecule is C#CCCCCNC(=O)C(C)C(=O)O.